The molecule has 0 bridgehead atoms. The van der Waals surface area contributed by atoms with Crippen LogP contribution in [0.15, 0.2) is 17.1 Å². The highest BCUT2D eigenvalue weighted by Gasteiger charge is 2.32. The summed E-state index contributed by atoms with van der Waals surface area (Å²) in [5.41, 5.74) is 1.15. The minimum Gasteiger partial charge on any atom is -0.353 e. The zero-order chi connectivity index (χ0) is 17.3. The van der Waals surface area contributed by atoms with Gasteiger partial charge in [0.25, 0.3) is 5.56 Å². The molecular formula is C16H21N5O3. The van der Waals surface area contributed by atoms with Crippen LogP contribution in [0.25, 0.3) is 5.65 Å². The van der Waals surface area contributed by atoms with Crippen molar-refractivity contribution in [2.24, 2.45) is 0 Å². The first kappa shape index (κ1) is 16.2. The van der Waals surface area contributed by atoms with E-state index in [1.165, 1.54) is 4.52 Å². The monoisotopic (exact) mass is 331 g/mol. The number of carbonyl (C=O) groups is 2. The summed E-state index contributed by atoms with van der Waals surface area (Å²) in [7, 11) is 0. The molecule has 1 unspecified atom stereocenters. The lowest BCUT2D eigenvalue weighted by atomic mass is 10.0. The predicted octanol–water partition coefficient (Wildman–Crippen LogP) is 0.000620. The highest BCUT2D eigenvalue weighted by molar-refractivity contribution is 5.89. The van der Waals surface area contributed by atoms with Gasteiger partial charge in [0, 0.05) is 36.6 Å². The highest BCUT2D eigenvalue weighted by atomic mass is 16.2. The lowest BCUT2D eigenvalue weighted by Gasteiger charge is -2.35. The number of hydrogen-bond acceptors (Lipinski definition) is 4. The van der Waals surface area contributed by atoms with Crippen LogP contribution in [0.4, 0.5) is 0 Å². The molecule has 2 amide bonds. The van der Waals surface area contributed by atoms with Crippen LogP contribution in [0.3, 0.4) is 0 Å². The Hall–Kier alpha value is -2.64. The zero-order valence-electron chi connectivity index (χ0n) is 13.8. The van der Waals surface area contributed by atoms with Gasteiger partial charge in [0.05, 0.1) is 6.42 Å². The van der Waals surface area contributed by atoms with E-state index in [1.807, 2.05) is 6.92 Å². The predicted molar refractivity (Wildman–Crippen MR) is 87.7 cm³/mol. The summed E-state index contributed by atoms with van der Waals surface area (Å²) in [5, 5.41) is 5.59. The van der Waals surface area contributed by atoms with E-state index in [2.05, 4.69) is 15.4 Å². The number of aromatic nitrogens is 3. The summed E-state index contributed by atoms with van der Waals surface area (Å²) in [4.78, 5) is 43.3. The van der Waals surface area contributed by atoms with E-state index in [0.29, 0.717) is 36.4 Å². The van der Waals surface area contributed by atoms with Crippen molar-refractivity contribution in [3.05, 3.63) is 33.9 Å². The van der Waals surface area contributed by atoms with Gasteiger partial charge in [-0.25, -0.2) is 9.50 Å². The van der Waals surface area contributed by atoms with Crippen LogP contribution in [0.2, 0.25) is 0 Å². The number of piperazine rings is 1. The van der Waals surface area contributed by atoms with Crippen molar-refractivity contribution < 1.29 is 9.59 Å². The molecule has 0 radical (unpaired) electrons. The van der Waals surface area contributed by atoms with Crippen LogP contribution in [-0.2, 0) is 16.0 Å². The van der Waals surface area contributed by atoms with E-state index in [-0.39, 0.29) is 23.8 Å². The fraction of sp³-hybridized carbons (Fsp3) is 0.500. The second kappa shape index (κ2) is 6.46. The molecule has 0 saturated carbocycles. The number of aryl methyl sites for hydroxylation is 1. The fourth-order valence-corrected chi connectivity index (χ4v) is 3.14. The minimum atomic E-state index is -0.457. The van der Waals surface area contributed by atoms with Gasteiger partial charge >= 0.3 is 0 Å². The largest absolute Gasteiger partial charge is 0.353 e. The molecule has 2 aromatic heterocycles. The summed E-state index contributed by atoms with van der Waals surface area (Å²) < 4.78 is 1.32. The van der Waals surface area contributed by atoms with E-state index in [9.17, 15) is 14.4 Å². The van der Waals surface area contributed by atoms with Gasteiger partial charge in [-0.3, -0.25) is 19.5 Å². The molecule has 3 rings (SSSR count). The molecule has 1 aliphatic heterocycles. The number of H-pyrrole nitrogens is 1. The summed E-state index contributed by atoms with van der Waals surface area (Å²) in [6, 6.07) is 1.24. The molecule has 128 valence electrons. The third kappa shape index (κ3) is 2.79. The molecule has 2 N–H and O–H groups in total. The molecule has 0 spiro atoms. The smallest absolute Gasteiger partial charge is 0.276 e. The Morgan fingerprint density at radius 1 is 1.42 bits per heavy atom. The number of amides is 2. The van der Waals surface area contributed by atoms with Crippen molar-refractivity contribution in [1.82, 2.24) is 24.8 Å². The molecule has 0 aromatic carbocycles. The second-order valence-corrected chi connectivity index (χ2v) is 6.00. The van der Waals surface area contributed by atoms with Gasteiger partial charge in [0.15, 0.2) is 5.65 Å². The van der Waals surface area contributed by atoms with Gasteiger partial charge in [0.2, 0.25) is 11.8 Å². The number of nitrogens with zero attached hydrogens (tertiary/aromatic N) is 3. The maximum Gasteiger partial charge on any atom is 0.276 e. The molecule has 8 nitrogen and oxygen atoms in total. The Balaban J connectivity index is 1.89. The number of rotatable bonds is 4. The average molecular weight is 331 g/mol. The quantitative estimate of drug-likeness (QED) is 0.824. The van der Waals surface area contributed by atoms with Crippen molar-refractivity contribution in [3.63, 3.8) is 0 Å². The Bertz CT molecular complexity index is 838. The van der Waals surface area contributed by atoms with Gasteiger partial charge in [-0.05, 0) is 13.3 Å². The number of aromatic amines is 1. The summed E-state index contributed by atoms with van der Waals surface area (Å²) in [6.45, 7) is 4.61. The van der Waals surface area contributed by atoms with Crippen LogP contribution in [-0.4, -0.2) is 50.4 Å². The zero-order valence-corrected chi connectivity index (χ0v) is 13.8. The van der Waals surface area contributed by atoms with Gasteiger partial charge < -0.3 is 10.2 Å². The maximum atomic E-state index is 12.7. The van der Waals surface area contributed by atoms with Crippen LogP contribution in [0, 0.1) is 6.92 Å². The van der Waals surface area contributed by atoms with Crippen LogP contribution >= 0.6 is 0 Å². The topological polar surface area (TPSA) is 99.6 Å². The first-order valence-corrected chi connectivity index (χ1v) is 8.15. The molecule has 2 aromatic rings. The molecule has 1 aliphatic rings. The number of fused-ring (bicyclic) bond motifs is 1. The van der Waals surface area contributed by atoms with Crippen LogP contribution < -0.4 is 10.9 Å². The van der Waals surface area contributed by atoms with Gasteiger partial charge in [-0.1, -0.05) is 13.3 Å². The van der Waals surface area contributed by atoms with E-state index in [0.717, 1.165) is 6.42 Å². The summed E-state index contributed by atoms with van der Waals surface area (Å²) >= 11 is 0. The molecular weight excluding hydrogens is 310 g/mol. The molecule has 1 saturated heterocycles. The van der Waals surface area contributed by atoms with Gasteiger partial charge in [-0.2, -0.15) is 0 Å². The molecule has 24 heavy (non-hydrogen) atoms. The standard InChI is InChI=1S/C16H21N5O3/c1-3-4-12-15(23)17-7-8-20(12)14(22)9-11-10(2)19-13-5-6-18-21(13)16(11)24/h5-6,12,18H,3-4,7-9H2,1-2H3,(H,17,23). The van der Waals surface area contributed by atoms with Crippen molar-refractivity contribution in [1.29, 1.82) is 0 Å². The maximum absolute atomic E-state index is 12.7. The van der Waals surface area contributed by atoms with E-state index in [1.54, 1.807) is 24.1 Å². The lowest BCUT2D eigenvalue weighted by Crippen LogP contribution is -2.57. The summed E-state index contributed by atoms with van der Waals surface area (Å²) in [5.74, 6) is -0.334. The van der Waals surface area contributed by atoms with Crippen molar-refractivity contribution >= 4 is 17.5 Å². The third-order valence-corrected chi connectivity index (χ3v) is 4.39. The fourth-order valence-electron chi connectivity index (χ4n) is 3.14. The normalized spacial score (nSPS) is 18.0. The molecule has 1 atom stereocenters. The minimum absolute atomic E-state index is 0.0485. The Labute approximate surface area is 138 Å². The SMILES string of the molecule is CCCC1C(=O)NCCN1C(=O)Cc1c(C)nc2cc[nH]n2c1=O. The Kier molecular flexibility index (Phi) is 4.37. The van der Waals surface area contributed by atoms with Crippen LogP contribution in [0.1, 0.15) is 31.0 Å². The van der Waals surface area contributed by atoms with Gasteiger partial charge in [0.1, 0.15) is 6.04 Å². The van der Waals surface area contributed by atoms with E-state index >= 15 is 0 Å². The Morgan fingerprint density at radius 3 is 2.96 bits per heavy atom. The highest BCUT2D eigenvalue weighted by Crippen LogP contribution is 2.14. The molecule has 0 aliphatic carbocycles. The molecule has 8 heteroatoms. The third-order valence-electron chi connectivity index (χ3n) is 4.39. The number of carbonyl (C=O) groups excluding carboxylic acids is 2. The molecule has 1 fully saturated rings. The summed E-state index contributed by atoms with van der Waals surface area (Å²) in [6.07, 6.45) is 3.00. The first-order valence-electron chi connectivity index (χ1n) is 8.15. The van der Waals surface area contributed by atoms with Crippen molar-refractivity contribution in [2.75, 3.05) is 13.1 Å². The van der Waals surface area contributed by atoms with Crippen molar-refractivity contribution in [2.45, 2.75) is 39.2 Å². The Morgan fingerprint density at radius 2 is 2.21 bits per heavy atom. The second-order valence-electron chi connectivity index (χ2n) is 6.00. The van der Waals surface area contributed by atoms with Crippen LogP contribution in [0.5, 0.6) is 0 Å². The van der Waals surface area contributed by atoms with E-state index in [4.69, 9.17) is 0 Å². The first-order chi connectivity index (χ1) is 11.5. The van der Waals surface area contributed by atoms with Crippen molar-refractivity contribution in [3.8, 4) is 0 Å². The van der Waals surface area contributed by atoms with Gasteiger partial charge in [-0.15, -0.1) is 0 Å². The lowest BCUT2D eigenvalue weighted by molar-refractivity contribution is -0.143. The van der Waals surface area contributed by atoms with E-state index < -0.39 is 6.04 Å². The average Bonchev–Trinajstić information content (AvgIpc) is 3.01. The number of hydrogen-bond donors (Lipinski definition) is 2. The molecule has 3 heterocycles. The number of nitrogens with one attached hydrogen (secondary N) is 2.